The highest BCUT2D eigenvalue weighted by atomic mass is 16.8. The van der Waals surface area contributed by atoms with Crippen LogP contribution >= 0.6 is 0 Å². The summed E-state index contributed by atoms with van der Waals surface area (Å²) in [5.41, 5.74) is 0.703. The molecule has 4 aliphatic carbocycles. The van der Waals surface area contributed by atoms with E-state index in [9.17, 15) is 111 Å². The quantitative estimate of drug-likeness (QED) is 0.0257. The summed E-state index contributed by atoms with van der Waals surface area (Å²) < 4.78 is 87.9. The van der Waals surface area contributed by atoms with Crippen LogP contribution in [0.25, 0.3) is 0 Å². The number of hydrogen-bond acceptors (Lipinski definition) is 36. The zero-order chi connectivity index (χ0) is 72.2. The molecular weight excluding hydrogens is 1360 g/mol. The van der Waals surface area contributed by atoms with E-state index in [-0.39, 0.29) is 64.7 Å². The zero-order valence-electron chi connectivity index (χ0n) is 53.4. The number of carbonyl (C=O) groups is 4. The maximum absolute atomic E-state index is 14.7. The van der Waals surface area contributed by atoms with Crippen molar-refractivity contribution in [1.29, 1.82) is 0 Å². The first-order valence-electron chi connectivity index (χ1n) is 32.8. The van der Waals surface area contributed by atoms with Crippen LogP contribution in [0.1, 0.15) is 25.7 Å². The summed E-state index contributed by atoms with van der Waals surface area (Å²) in [4.78, 5) is 55.8. The molecule has 560 valence electrons. The molecule has 4 saturated heterocycles. The van der Waals surface area contributed by atoms with Gasteiger partial charge in [0.15, 0.2) is 25.2 Å². The van der Waals surface area contributed by atoms with Gasteiger partial charge in [-0.15, -0.1) is 0 Å². The fourth-order valence-electron chi connectivity index (χ4n) is 15.1. The lowest BCUT2D eigenvalue weighted by Crippen LogP contribution is -2.60. The van der Waals surface area contributed by atoms with Gasteiger partial charge >= 0.3 is 23.9 Å². The van der Waals surface area contributed by atoms with E-state index >= 15 is 0 Å². The number of ether oxygens (including phenoxy) is 15. The molecule has 8 aliphatic heterocycles. The molecule has 37 heteroatoms. The summed E-state index contributed by atoms with van der Waals surface area (Å²) in [5, 5.41) is 188. The summed E-state index contributed by atoms with van der Waals surface area (Å²) in [6.45, 7) is -5.35. The largest absolute Gasteiger partial charge is 0.478 e. The number of aliphatic carboxylic acids is 1. The van der Waals surface area contributed by atoms with Gasteiger partial charge in [-0.1, -0.05) is 24.3 Å². The molecule has 37 nitrogen and oxygen atoms in total. The molecule has 32 unspecified atom stereocenters. The number of rotatable bonds is 23. The van der Waals surface area contributed by atoms with Gasteiger partial charge in [0.05, 0.1) is 104 Å². The summed E-state index contributed by atoms with van der Waals surface area (Å²) in [6.07, 6.45) is -29.7. The smallest absolute Gasteiger partial charge is 0.337 e. The Balaban J connectivity index is 0.751. The molecule has 12 aliphatic rings. The third-order valence-electron chi connectivity index (χ3n) is 20.8. The van der Waals surface area contributed by atoms with Gasteiger partial charge < -0.3 is 163 Å². The summed E-state index contributed by atoms with van der Waals surface area (Å²) in [5.74, 6) is -12.0. The SMILES string of the molecule is O=C(O)C1=COC(OC2OC(CO)C(O)C(O)C2O)C2C(COC(=O)C3=COC(OC4OC(CO)C(O)C(O)C4O)C4C(COC(=O)C5=COC(OC6OC(CO)C(O)C(O)C6O)C6C(COC(=O)C7=COC(OC8OC(CO)C(O)C(O)C8O)C8C(CO)=CCC78)=CCC56)=CCC34)=CCC12. The molecule has 101 heavy (non-hydrogen) atoms. The van der Waals surface area contributed by atoms with Crippen molar-refractivity contribution in [3.63, 3.8) is 0 Å². The van der Waals surface area contributed by atoms with Crippen molar-refractivity contribution in [2.24, 2.45) is 47.3 Å². The van der Waals surface area contributed by atoms with Gasteiger partial charge in [0.25, 0.3) is 0 Å². The first-order chi connectivity index (χ1) is 48.4. The second-order valence-corrected chi connectivity index (χ2v) is 26.4. The highest BCUT2D eigenvalue weighted by Crippen LogP contribution is 2.50. The Kier molecular flexibility index (Phi) is 23.2. The van der Waals surface area contributed by atoms with Crippen LogP contribution in [0.5, 0.6) is 0 Å². The zero-order valence-corrected chi connectivity index (χ0v) is 53.4. The van der Waals surface area contributed by atoms with Gasteiger partial charge in [-0.05, 0) is 48.0 Å². The molecule has 12 rings (SSSR count). The fraction of sp³-hybridized carbons (Fsp3) is 0.688. The van der Waals surface area contributed by atoms with Crippen molar-refractivity contribution in [2.45, 2.75) is 174 Å². The molecule has 18 N–H and O–H groups in total. The molecule has 0 aromatic carbocycles. The Morgan fingerprint density at radius 3 is 0.812 bits per heavy atom. The van der Waals surface area contributed by atoms with Crippen LogP contribution in [0, 0.1) is 47.3 Å². The van der Waals surface area contributed by atoms with E-state index in [0.717, 1.165) is 25.0 Å². The first kappa shape index (κ1) is 74.7. The van der Waals surface area contributed by atoms with Gasteiger partial charge in [0.2, 0.25) is 25.2 Å². The van der Waals surface area contributed by atoms with E-state index in [0.29, 0.717) is 5.57 Å². The van der Waals surface area contributed by atoms with Crippen LogP contribution in [0.15, 0.2) is 93.9 Å². The minimum absolute atomic E-state index is 0.00107. The van der Waals surface area contributed by atoms with Crippen LogP contribution in [0.4, 0.5) is 0 Å². The number of fused-ring (bicyclic) bond motifs is 4. The maximum atomic E-state index is 14.7. The molecule has 0 bridgehead atoms. The van der Waals surface area contributed by atoms with Crippen molar-refractivity contribution in [3.8, 4) is 0 Å². The number of hydrogen-bond donors (Lipinski definition) is 18. The van der Waals surface area contributed by atoms with Gasteiger partial charge in [-0.25, -0.2) is 19.2 Å². The molecular formula is C64H82O37. The van der Waals surface area contributed by atoms with E-state index in [1.807, 2.05) is 0 Å². The molecule has 0 radical (unpaired) electrons. The van der Waals surface area contributed by atoms with Gasteiger partial charge in [0, 0.05) is 23.7 Å². The van der Waals surface area contributed by atoms with Crippen molar-refractivity contribution in [1.82, 2.24) is 0 Å². The van der Waals surface area contributed by atoms with Crippen LogP contribution in [0.2, 0.25) is 0 Å². The monoisotopic (exact) mass is 1440 g/mol. The molecule has 32 atom stereocenters. The summed E-state index contributed by atoms with van der Waals surface area (Å²) in [7, 11) is 0. The Morgan fingerprint density at radius 2 is 0.564 bits per heavy atom. The predicted octanol–water partition coefficient (Wildman–Crippen LogP) is -7.83. The Labute approximate surface area is 572 Å². The highest BCUT2D eigenvalue weighted by Gasteiger charge is 2.56. The average Bonchev–Trinajstić information content (AvgIpc) is 1.69. The van der Waals surface area contributed by atoms with Crippen LogP contribution in [0.3, 0.4) is 0 Å². The number of carboxylic acid groups (broad SMARTS) is 1. The molecule has 0 saturated carbocycles. The number of esters is 3. The fourth-order valence-corrected chi connectivity index (χ4v) is 15.1. The standard InChI is InChI=1S/C64H82O37/c65-9-21-1-5-26-30(18-91-57(37(21)26)98-61-49(78)45(74)41(70)33(10-66)94-61)54(84)88-15-23-3-7-28-32(20-93-59(39(23)28)100-63-51(80)47(76)43(72)35(12-68)96-63)56(86)89-16-24-4-8-27-31(19-92-60(40(24)27)101-64-52(81)48(77)44(73)36(13-69)97-64)55(85)87-14-22-2-6-25-29(53(82)83)17-90-58(38(22)25)99-62-50(79)46(75)42(71)34(11-67)95-62/h1-4,17-20,25-28,33-52,57-81H,5-16H2,(H,82,83). The van der Waals surface area contributed by atoms with Crippen molar-refractivity contribution in [2.75, 3.05) is 52.9 Å². The molecule has 0 aromatic heterocycles. The minimum Gasteiger partial charge on any atom is -0.478 e. The second kappa shape index (κ2) is 31.4. The molecule has 8 heterocycles. The predicted molar refractivity (Wildman–Crippen MR) is 318 cm³/mol. The summed E-state index contributed by atoms with van der Waals surface area (Å²) in [6, 6.07) is 0. The average molecular weight is 1440 g/mol. The van der Waals surface area contributed by atoms with Crippen LogP contribution < -0.4 is 0 Å². The lowest BCUT2D eigenvalue weighted by atomic mass is 9.82. The topological polar surface area (TPSA) is 571 Å². The normalized spacial score (nSPS) is 43.9. The minimum atomic E-state index is -1.94. The lowest BCUT2D eigenvalue weighted by molar-refractivity contribution is -0.339. The van der Waals surface area contributed by atoms with E-state index in [1.54, 1.807) is 24.3 Å². The van der Waals surface area contributed by atoms with Crippen molar-refractivity contribution in [3.05, 3.63) is 93.9 Å². The third kappa shape index (κ3) is 14.4. The number of allylic oxidation sites excluding steroid dienone is 4. The van der Waals surface area contributed by atoms with Gasteiger partial charge in [0.1, 0.15) is 117 Å². The number of aliphatic hydroxyl groups is 17. The maximum Gasteiger partial charge on any atom is 0.337 e. The molecule has 0 amide bonds. The van der Waals surface area contributed by atoms with E-state index in [1.165, 1.54) is 0 Å². The van der Waals surface area contributed by atoms with Gasteiger partial charge in [-0.2, -0.15) is 0 Å². The third-order valence-corrected chi connectivity index (χ3v) is 20.8. The number of aliphatic hydroxyl groups excluding tert-OH is 17. The van der Waals surface area contributed by atoms with Crippen LogP contribution in [-0.2, 0) is 90.2 Å². The van der Waals surface area contributed by atoms with Gasteiger partial charge in [-0.3, -0.25) is 0 Å². The second-order valence-electron chi connectivity index (χ2n) is 26.4. The summed E-state index contributed by atoms with van der Waals surface area (Å²) >= 11 is 0. The van der Waals surface area contributed by atoms with Crippen molar-refractivity contribution < 1.29 is 182 Å². The van der Waals surface area contributed by atoms with E-state index in [2.05, 4.69) is 0 Å². The first-order valence-corrected chi connectivity index (χ1v) is 32.8. The van der Waals surface area contributed by atoms with E-state index in [4.69, 9.17) is 71.1 Å². The Hall–Kier alpha value is -6.00. The van der Waals surface area contributed by atoms with Crippen molar-refractivity contribution >= 4 is 23.9 Å². The number of carboxylic acids is 1. The lowest BCUT2D eigenvalue weighted by Gasteiger charge is -2.43. The highest BCUT2D eigenvalue weighted by molar-refractivity contribution is 5.91. The Bertz CT molecular complexity index is 3280. The molecule has 0 aromatic rings. The molecule has 0 spiro atoms. The van der Waals surface area contributed by atoms with E-state index < -0.39 is 272 Å². The van der Waals surface area contributed by atoms with Crippen LogP contribution in [-0.4, -0.2) is 317 Å². The number of carbonyl (C=O) groups excluding carboxylic acids is 3. The Morgan fingerprint density at radius 1 is 0.327 bits per heavy atom. The molecule has 4 fully saturated rings.